The molecule has 1 atom stereocenters. The van der Waals surface area contributed by atoms with E-state index in [4.69, 9.17) is 46.0 Å². The van der Waals surface area contributed by atoms with Crippen molar-refractivity contribution in [1.29, 1.82) is 0 Å². The smallest absolute Gasteiger partial charge is 0.227 e. The number of nitrogens with zero attached hydrogens (tertiary/aromatic N) is 5. The maximum Gasteiger partial charge on any atom is 0.227 e. The summed E-state index contributed by atoms with van der Waals surface area (Å²) in [5.41, 5.74) is 10.6. The molecule has 1 aliphatic heterocycles. The summed E-state index contributed by atoms with van der Waals surface area (Å²) in [5.74, 6) is 13.1. The Bertz CT molecular complexity index is 2290. The van der Waals surface area contributed by atoms with Gasteiger partial charge in [0, 0.05) is 51.8 Å². The Hall–Kier alpha value is -4.94. The van der Waals surface area contributed by atoms with Gasteiger partial charge < -0.3 is 39.6 Å². The lowest BCUT2D eigenvalue weighted by Crippen LogP contribution is -2.34. The van der Waals surface area contributed by atoms with E-state index >= 15 is 0 Å². The number of nitrogens with two attached hydrogens (primary N) is 1. The predicted molar refractivity (Wildman–Crippen MR) is 261 cm³/mol. The van der Waals surface area contributed by atoms with Crippen molar-refractivity contribution in [2.45, 2.75) is 78.7 Å². The van der Waals surface area contributed by atoms with Gasteiger partial charge in [-0.15, -0.1) is 21.5 Å². The Morgan fingerprint density at radius 2 is 1.45 bits per heavy atom. The molecule has 4 aromatic rings. The Labute approximate surface area is 398 Å². The van der Waals surface area contributed by atoms with Crippen LogP contribution in [0.3, 0.4) is 0 Å². The maximum atomic E-state index is 13.6. The number of rotatable bonds is 28. The molecule has 66 heavy (non-hydrogen) atoms. The number of benzene rings is 2. The molecular weight excluding hydrogens is 878 g/mol. The van der Waals surface area contributed by atoms with Crippen molar-refractivity contribution in [1.82, 2.24) is 19.7 Å². The number of anilines is 1. The molecule has 0 aliphatic carbocycles. The molecule has 0 radical (unpaired) electrons. The summed E-state index contributed by atoms with van der Waals surface area (Å²) in [4.78, 5) is 34.9. The van der Waals surface area contributed by atoms with Gasteiger partial charge >= 0.3 is 0 Å². The lowest BCUT2D eigenvalue weighted by atomic mass is 9.99. The van der Waals surface area contributed by atoms with Crippen molar-refractivity contribution in [3.63, 3.8) is 0 Å². The fraction of sp³-hybridized carbons (Fsp3) is 0.500. The summed E-state index contributed by atoms with van der Waals surface area (Å²) in [6.45, 7) is 14.1. The highest BCUT2D eigenvalue weighted by Crippen LogP contribution is 2.39. The first-order valence-corrected chi connectivity index (χ1v) is 24.0. The summed E-state index contributed by atoms with van der Waals surface area (Å²) in [5, 5.41) is 13.6. The highest BCUT2D eigenvalue weighted by Gasteiger charge is 2.32. The third-order valence-electron chi connectivity index (χ3n) is 10.6. The molecule has 3 N–H and O–H groups in total. The highest BCUT2D eigenvalue weighted by molar-refractivity contribution is 7.15. The number of unbranched alkanes of at least 4 members (excludes halogenated alkanes) is 4. The average molecular weight is 943 g/mol. The fourth-order valence-corrected chi connectivity index (χ4v) is 8.35. The minimum Gasteiger partial charge on any atom is -0.378 e. The zero-order valence-corrected chi connectivity index (χ0v) is 40.4. The molecule has 1 unspecified atom stereocenters. The summed E-state index contributed by atoms with van der Waals surface area (Å²) >= 11 is 7.92. The predicted octanol–water partition coefficient (Wildman–Crippen LogP) is 7.41. The van der Waals surface area contributed by atoms with Crippen LogP contribution in [0.4, 0.5) is 5.69 Å². The number of carbonyl (C=O) groups excluding carboxylic acids is 2. The average Bonchev–Trinajstić information content (AvgIpc) is 3.79. The van der Waals surface area contributed by atoms with E-state index in [0.717, 1.165) is 64.5 Å². The van der Waals surface area contributed by atoms with Crippen LogP contribution >= 0.6 is 22.9 Å². The van der Waals surface area contributed by atoms with E-state index in [1.54, 1.807) is 16.2 Å². The molecule has 3 heterocycles. The van der Waals surface area contributed by atoms with Crippen molar-refractivity contribution in [3.8, 4) is 28.7 Å². The van der Waals surface area contributed by atoms with Crippen molar-refractivity contribution >= 4 is 46.2 Å². The zero-order chi connectivity index (χ0) is 46.9. The minimum atomic E-state index is -0.587. The van der Waals surface area contributed by atoms with Gasteiger partial charge in [-0.25, -0.2) is 0 Å². The van der Waals surface area contributed by atoms with Gasteiger partial charge in [0.25, 0.3) is 0 Å². The number of aromatic nitrogens is 3. The molecular formula is C50H64ClN7O7S. The number of hydrogen-bond donors (Lipinski definition) is 2. The Morgan fingerprint density at radius 3 is 2.11 bits per heavy atom. The normalized spacial score (nSPS) is 12.8. The molecule has 14 nitrogen and oxygen atoms in total. The first-order valence-electron chi connectivity index (χ1n) is 22.8. The summed E-state index contributed by atoms with van der Waals surface area (Å²) < 4.78 is 29.6. The quantitative estimate of drug-likeness (QED) is 0.0433. The van der Waals surface area contributed by atoms with E-state index in [9.17, 15) is 9.59 Å². The van der Waals surface area contributed by atoms with Crippen LogP contribution in [0.1, 0.15) is 96.7 Å². The highest BCUT2D eigenvalue weighted by atomic mass is 35.5. The molecule has 0 spiro atoms. The first-order chi connectivity index (χ1) is 32.2. The molecule has 0 fully saturated rings. The van der Waals surface area contributed by atoms with Crippen molar-refractivity contribution < 1.29 is 33.3 Å². The van der Waals surface area contributed by atoms with E-state index in [0.29, 0.717) is 102 Å². The van der Waals surface area contributed by atoms with Gasteiger partial charge in [-0.05, 0) is 81.0 Å². The summed E-state index contributed by atoms with van der Waals surface area (Å²) in [6.07, 6.45) is 5.87. The number of aryl methyl sites for hydroxylation is 2. The second-order valence-corrected chi connectivity index (χ2v) is 17.3. The number of nitrogens with one attached hydrogen (secondary N) is 1. The molecule has 0 saturated carbocycles. The van der Waals surface area contributed by atoms with Crippen LogP contribution in [0.5, 0.6) is 0 Å². The van der Waals surface area contributed by atoms with Crippen LogP contribution in [-0.4, -0.2) is 123 Å². The number of thiophene rings is 1. The minimum absolute atomic E-state index is 0.0552. The van der Waals surface area contributed by atoms with Crippen LogP contribution in [0.25, 0.3) is 5.00 Å². The topological polar surface area (TPSA) is 165 Å². The second kappa shape index (κ2) is 29.0. The molecule has 5 rings (SSSR count). The van der Waals surface area contributed by atoms with Crippen molar-refractivity contribution in [2.24, 2.45) is 10.7 Å². The maximum absolute atomic E-state index is 13.6. The van der Waals surface area contributed by atoms with Gasteiger partial charge in [0.05, 0.1) is 84.7 Å². The van der Waals surface area contributed by atoms with Crippen LogP contribution < -0.4 is 11.1 Å². The monoisotopic (exact) mass is 941 g/mol. The number of hydrogen-bond acceptors (Lipinski definition) is 12. The summed E-state index contributed by atoms with van der Waals surface area (Å²) in [6, 6.07) is 14.3. The molecule has 2 aromatic heterocycles. The number of carbonyl (C=O) groups is 2. The van der Waals surface area contributed by atoms with Crippen LogP contribution in [0.15, 0.2) is 53.5 Å². The third kappa shape index (κ3) is 16.7. The molecule has 2 aromatic carbocycles. The summed E-state index contributed by atoms with van der Waals surface area (Å²) in [7, 11) is 0. The zero-order valence-electron chi connectivity index (χ0n) is 38.8. The van der Waals surface area contributed by atoms with Gasteiger partial charge in [-0.1, -0.05) is 68.2 Å². The largest absolute Gasteiger partial charge is 0.378 e. The van der Waals surface area contributed by atoms with Crippen LogP contribution in [0, 0.1) is 44.5 Å². The molecule has 16 heteroatoms. The number of amides is 2. The van der Waals surface area contributed by atoms with E-state index in [2.05, 4.69) is 60.0 Å². The third-order valence-corrected chi connectivity index (χ3v) is 12.1. The first kappa shape index (κ1) is 52.0. The number of aliphatic imine (C=N–C) groups is 1. The lowest BCUT2D eigenvalue weighted by molar-refractivity contribution is -0.131. The van der Waals surface area contributed by atoms with Crippen LogP contribution in [-0.2, 0) is 33.3 Å². The molecule has 1 aliphatic rings. The number of ether oxygens (including phenoxy) is 5. The van der Waals surface area contributed by atoms with E-state index in [-0.39, 0.29) is 24.8 Å². The Kier molecular flexibility index (Phi) is 22.8. The van der Waals surface area contributed by atoms with Crippen molar-refractivity contribution in [2.75, 3.05) is 91.0 Å². The number of halogens is 1. The molecule has 2 amide bonds. The van der Waals surface area contributed by atoms with Crippen LogP contribution in [0.2, 0.25) is 5.02 Å². The Morgan fingerprint density at radius 1 is 0.818 bits per heavy atom. The van der Waals surface area contributed by atoms with Gasteiger partial charge in [0.15, 0.2) is 5.82 Å². The molecule has 0 bridgehead atoms. The fourth-order valence-electron chi connectivity index (χ4n) is 7.01. The van der Waals surface area contributed by atoms with E-state index < -0.39 is 6.04 Å². The van der Waals surface area contributed by atoms with Gasteiger partial charge in [-0.3, -0.25) is 19.1 Å². The second-order valence-electron chi connectivity index (χ2n) is 15.6. The van der Waals surface area contributed by atoms with E-state index in [1.807, 2.05) is 60.0 Å². The lowest BCUT2D eigenvalue weighted by Gasteiger charge is -2.20. The molecule has 0 saturated heterocycles. The molecule has 354 valence electrons. The Balaban J connectivity index is 1.10. The number of fused-ring (bicyclic) bond motifs is 3. The van der Waals surface area contributed by atoms with Gasteiger partial charge in [0.1, 0.15) is 16.9 Å². The standard InChI is InChI=1S/C50H64ClN7O7S/c1-5-6-7-8-11-14-46(60)57(25-27-62-29-31-64-33-35-65-34-32-63-30-28-61-26-23-52)24-12-9-10-13-40-15-21-43(22-16-40)53-45(59)36-44-49-56-55-39(4)58(49)50-47(37(2)38(3)66-50)48(54-44)41-17-19-42(51)20-18-41/h15-22,44H,5-8,11,14,23-36,52H2,1-4H3,(H,53,59). The van der Waals surface area contributed by atoms with E-state index in [1.165, 1.54) is 11.3 Å². The van der Waals surface area contributed by atoms with Gasteiger partial charge in [0.2, 0.25) is 11.8 Å². The SMILES string of the molecule is CCCCCCCC(=O)N(CC#CC#Cc1ccc(NC(=O)CC2N=C(c3ccc(Cl)cc3)c3c(sc(C)c3C)-n3c(C)nnc32)cc1)CCOCCOCCOCCOCCOCCN. The van der Waals surface area contributed by atoms with Gasteiger partial charge in [-0.2, -0.15) is 0 Å². The van der Waals surface area contributed by atoms with Crippen molar-refractivity contribution in [3.05, 3.63) is 92.3 Å².